The summed E-state index contributed by atoms with van der Waals surface area (Å²) in [5.74, 6) is -0.909. The van der Waals surface area contributed by atoms with Gasteiger partial charge in [0.05, 0.1) is 16.0 Å². The van der Waals surface area contributed by atoms with Gasteiger partial charge in [-0.1, -0.05) is 48.5 Å². The lowest BCUT2D eigenvalue weighted by molar-refractivity contribution is 0.0958. The quantitative estimate of drug-likeness (QED) is 0.140. The van der Waals surface area contributed by atoms with E-state index in [-0.39, 0.29) is 34.3 Å². The van der Waals surface area contributed by atoms with Gasteiger partial charge in [0.25, 0.3) is 0 Å². The van der Waals surface area contributed by atoms with Crippen molar-refractivity contribution in [2.45, 2.75) is 19.4 Å². The number of rotatable bonds is 2. The lowest BCUT2D eigenvalue weighted by atomic mass is 10.0. The minimum absolute atomic E-state index is 0.0658. The van der Waals surface area contributed by atoms with Crippen LogP contribution in [-0.4, -0.2) is 33.1 Å². The highest BCUT2D eigenvalue weighted by molar-refractivity contribution is 7.23. The van der Waals surface area contributed by atoms with E-state index in [4.69, 9.17) is 9.72 Å². The normalized spacial score (nSPS) is 16.0. The molecule has 0 saturated heterocycles. The van der Waals surface area contributed by atoms with E-state index in [1.807, 2.05) is 62.4 Å². The number of nitrogens with zero attached hydrogens (tertiary/aromatic N) is 2. The molecule has 3 aliphatic rings. The topological polar surface area (TPSA) is 103 Å². The number of carbonyl (C=O) groups is 4. The summed E-state index contributed by atoms with van der Waals surface area (Å²) >= 11 is 2.64. The highest BCUT2D eigenvalue weighted by Gasteiger charge is 2.40. The number of ether oxygens (including phenoxy) is 1. The Morgan fingerprint density at radius 1 is 0.587 bits per heavy atom. The Balaban J connectivity index is 1.09. The van der Waals surface area contributed by atoms with E-state index in [2.05, 4.69) is 4.98 Å². The van der Waals surface area contributed by atoms with Gasteiger partial charge in [-0.2, -0.15) is 0 Å². The third-order valence-corrected chi connectivity index (χ3v) is 10.8. The number of thiazole rings is 2. The molecule has 6 aromatic rings. The number of hydrogen-bond acceptors (Lipinski definition) is 9. The smallest absolute Gasteiger partial charge is 0.235 e. The highest BCUT2D eigenvalue weighted by Crippen LogP contribution is 2.51. The summed E-state index contributed by atoms with van der Waals surface area (Å²) in [6.45, 7) is 3.75. The third kappa shape index (κ3) is 3.82. The molecule has 1 aliphatic heterocycles. The molecule has 0 N–H and O–H groups in total. The number of fused-ring (bicyclic) bond motifs is 7. The van der Waals surface area contributed by atoms with Crippen LogP contribution in [0, 0.1) is 0 Å². The SMILES string of the molecule is CC1(C)Oc2nc(C=C3C(=O)c4cc5ccccc5cc4C3=O)sc2-c2sc(C=C3C(=O)c4cc5ccccc5cc4C3=O)nc21. The van der Waals surface area contributed by atoms with Crippen molar-refractivity contribution in [2.75, 3.05) is 0 Å². The number of carbonyl (C=O) groups excluding carboxylic acids is 4. The molecule has 0 radical (unpaired) electrons. The lowest BCUT2D eigenvalue weighted by Gasteiger charge is -2.28. The van der Waals surface area contributed by atoms with Crippen LogP contribution in [0.15, 0.2) is 83.9 Å². The highest BCUT2D eigenvalue weighted by atomic mass is 32.1. The van der Waals surface area contributed by atoms with Gasteiger partial charge in [-0.3, -0.25) is 19.2 Å². The molecular formula is C37H20N2O5S2. The third-order valence-electron chi connectivity index (χ3n) is 8.65. The maximum atomic E-state index is 13.4. The van der Waals surface area contributed by atoms with Gasteiger partial charge in [-0.05, 0) is 71.8 Å². The summed E-state index contributed by atoms with van der Waals surface area (Å²) in [5, 5.41) is 4.54. The summed E-state index contributed by atoms with van der Waals surface area (Å²) in [6.07, 6.45) is 3.10. The van der Waals surface area contributed by atoms with Crippen molar-refractivity contribution in [3.8, 4) is 15.6 Å². The fourth-order valence-electron chi connectivity index (χ4n) is 6.37. The molecule has 46 heavy (non-hydrogen) atoms. The van der Waals surface area contributed by atoms with Gasteiger partial charge >= 0.3 is 0 Å². The summed E-state index contributed by atoms with van der Waals surface area (Å²) in [6, 6.07) is 22.3. The molecule has 0 fully saturated rings. The molecule has 9 rings (SSSR count). The number of hydrogen-bond donors (Lipinski definition) is 0. The number of ketones is 4. The second-order valence-corrected chi connectivity index (χ2v) is 14.0. The predicted octanol–water partition coefficient (Wildman–Crippen LogP) is 8.13. The average Bonchev–Trinajstić information content (AvgIpc) is 3.77. The number of allylic oxidation sites excluding steroid dienone is 2. The van der Waals surface area contributed by atoms with Crippen LogP contribution in [0.25, 0.3) is 43.5 Å². The molecule has 3 heterocycles. The Morgan fingerprint density at radius 2 is 0.978 bits per heavy atom. The van der Waals surface area contributed by atoms with Crippen LogP contribution in [0.5, 0.6) is 5.88 Å². The molecule has 2 aliphatic carbocycles. The van der Waals surface area contributed by atoms with Crippen molar-refractivity contribution in [2.24, 2.45) is 0 Å². The zero-order valence-corrected chi connectivity index (χ0v) is 26.0. The van der Waals surface area contributed by atoms with Crippen LogP contribution in [0.3, 0.4) is 0 Å². The molecule has 0 unspecified atom stereocenters. The largest absolute Gasteiger partial charge is 0.464 e. The van der Waals surface area contributed by atoms with Crippen LogP contribution >= 0.6 is 22.7 Å². The first-order valence-corrected chi connectivity index (χ1v) is 16.2. The summed E-state index contributed by atoms with van der Waals surface area (Å²) in [7, 11) is 0. The van der Waals surface area contributed by atoms with Gasteiger partial charge in [-0.25, -0.2) is 9.97 Å². The predicted molar refractivity (Wildman–Crippen MR) is 178 cm³/mol. The fraction of sp³-hybridized carbons (Fsp3) is 0.0811. The summed E-state index contributed by atoms with van der Waals surface area (Å²) < 4.78 is 6.27. The first-order valence-electron chi connectivity index (χ1n) is 14.6. The van der Waals surface area contributed by atoms with Gasteiger partial charge < -0.3 is 4.74 Å². The van der Waals surface area contributed by atoms with E-state index in [0.29, 0.717) is 48.7 Å². The van der Waals surface area contributed by atoms with Crippen molar-refractivity contribution in [1.82, 2.24) is 9.97 Å². The van der Waals surface area contributed by atoms with Crippen molar-refractivity contribution >= 4 is 79.5 Å². The molecular weight excluding hydrogens is 617 g/mol. The molecule has 0 bridgehead atoms. The molecule has 9 heteroatoms. The standard InChI is InChI=1S/C37H20N2O5S2/c1-37(2)35-33(45-27(38-35)15-25-29(40)21-11-17-7-3-4-8-18(17)12-22(21)30(25)41)34-36(44-37)39-28(46-34)16-26-31(42)23-13-19-9-5-6-10-20(19)14-24(23)32(26)43/h3-16H,1-2H3. The first-order chi connectivity index (χ1) is 22.2. The number of Topliss-reactive ketones (excluding diaryl/α,β-unsaturated/α-hetero) is 4. The van der Waals surface area contributed by atoms with Gasteiger partial charge in [0.15, 0.2) is 23.1 Å². The van der Waals surface area contributed by atoms with Gasteiger partial charge in [0.1, 0.15) is 26.2 Å². The van der Waals surface area contributed by atoms with E-state index in [0.717, 1.165) is 26.4 Å². The van der Waals surface area contributed by atoms with Crippen molar-refractivity contribution in [3.63, 3.8) is 0 Å². The van der Waals surface area contributed by atoms with Crippen molar-refractivity contribution in [1.29, 1.82) is 0 Å². The van der Waals surface area contributed by atoms with E-state index in [1.54, 1.807) is 30.3 Å². The van der Waals surface area contributed by atoms with E-state index >= 15 is 0 Å². The van der Waals surface area contributed by atoms with E-state index < -0.39 is 5.60 Å². The Bertz CT molecular complexity index is 2400. The summed E-state index contributed by atoms with van der Waals surface area (Å²) in [5.41, 5.74) is 1.53. The Labute approximate surface area is 269 Å². The maximum absolute atomic E-state index is 13.4. The van der Waals surface area contributed by atoms with Crippen LogP contribution in [0.1, 0.15) is 71.0 Å². The van der Waals surface area contributed by atoms with Gasteiger partial charge in [-0.15, -0.1) is 22.7 Å². The average molecular weight is 637 g/mol. The molecule has 4 aromatic carbocycles. The van der Waals surface area contributed by atoms with E-state index in [9.17, 15) is 19.2 Å². The van der Waals surface area contributed by atoms with Crippen LogP contribution in [0.2, 0.25) is 0 Å². The molecule has 2 aromatic heterocycles. The fourth-order valence-corrected chi connectivity index (χ4v) is 8.59. The summed E-state index contributed by atoms with van der Waals surface area (Å²) in [4.78, 5) is 64.5. The van der Waals surface area contributed by atoms with Crippen LogP contribution < -0.4 is 4.74 Å². The molecule has 0 amide bonds. The van der Waals surface area contributed by atoms with Crippen molar-refractivity contribution < 1.29 is 23.9 Å². The zero-order chi connectivity index (χ0) is 31.5. The second kappa shape index (κ2) is 9.32. The minimum atomic E-state index is -0.853. The first kappa shape index (κ1) is 27.0. The van der Waals surface area contributed by atoms with Crippen LogP contribution in [-0.2, 0) is 5.60 Å². The van der Waals surface area contributed by atoms with Crippen LogP contribution in [0.4, 0.5) is 0 Å². The molecule has 7 nitrogen and oxygen atoms in total. The maximum Gasteiger partial charge on any atom is 0.235 e. The molecule has 0 saturated carbocycles. The van der Waals surface area contributed by atoms with Gasteiger partial charge in [0, 0.05) is 22.3 Å². The lowest BCUT2D eigenvalue weighted by Crippen LogP contribution is -2.29. The Morgan fingerprint density at radius 3 is 1.41 bits per heavy atom. The van der Waals surface area contributed by atoms with Gasteiger partial charge in [0.2, 0.25) is 5.88 Å². The number of benzene rings is 4. The second-order valence-electron chi connectivity index (χ2n) is 12.0. The molecule has 0 atom stereocenters. The molecule has 0 spiro atoms. The Kier molecular flexibility index (Phi) is 5.47. The monoisotopic (exact) mass is 636 g/mol. The number of aromatic nitrogens is 2. The van der Waals surface area contributed by atoms with E-state index in [1.165, 1.54) is 28.7 Å². The zero-order valence-electron chi connectivity index (χ0n) is 24.3. The van der Waals surface area contributed by atoms with Crippen molar-refractivity contribution in [3.05, 3.63) is 122 Å². The molecule has 220 valence electrons. The Hall–Kier alpha value is -5.38. The minimum Gasteiger partial charge on any atom is -0.464 e.